The lowest BCUT2D eigenvalue weighted by atomic mass is 10.0. The van der Waals surface area contributed by atoms with Crippen LogP contribution >= 0.6 is 0 Å². The minimum Gasteiger partial charge on any atom is -0.460 e. The van der Waals surface area contributed by atoms with E-state index in [1.807, 2.05) is 18.2 Å². The van der Waals surface area contributed by atoms with Crippen LogP contribution in [-0.2, 0) is 14.3 Å². The molecular weight excluding hydrogens is 260 g/mol. The van der Waals surface area contributed by atoms with Crippen LogP contribution in [0.5, 0.6) is 11.5 Å². The van der Waals surface area contributed by atoms with Crippen molar-refractivity contribution in [1.82, 2.24) is 0 Å². The van der Waals surface area contributed by atoms with Crippen molar-refractivity contribution in [2.24, 2.45) is 5.92 Å². The van der Waals surface area contributed by atoms with Crippen molar-refractivity contribution in [3.05, 3.63) is 23.8 Å². The molecule has 20 heavy (non-hydrogen) atoms. The third kappa shape index (κ3) is 2.35. The number of ketones is 1. The van der Waals surface area contributed by atoms with Gasteiger partial charge in [-0.15, -0.1) is 0 Å². The second-order valence-electron chi connectivity index (χ2n) is 5.03. The highest BCUT2D eigenvalue weighted by atomic mass is 16.7. The first-order valence-corrected chi connectivity index (χ1v) is 6.79. The highest BCUT2D eigenvalue weighted by Gasteiger charge is 2.43. The zero-order valence-electron chi connectivity index (χ0n) is 11.3. The maximum absolute atomic E-state index is 11.7. The Morgan fingerprint density at radius 3 is 3.00 bits per heavy atom. The van der Waals surface area contributed by atoms with Crippen molar-refractivity contribution >= 4 is 11.8 Å². The molecule has 106 valence electrons. The Morgan fingerprint density at radius 1 is 1.35 bits per heavy atom. The molecule has 1 heterocycles. The van der Waals surface area contributed by atoms with Gasteiger partial charge in [-0.1, -0.05) is 12.1 Å². The minimum absolute atomic E-state index is 0.197. The second-order valence-corrected chi connectivity index (χ2v) is 5.03. The quantitative estimate of drug-likeness (QED) is 0.608. The average molecular weight is 276 g/mol. The molecule has 1 aromatic carbocycles. The first-order valence-electron chi connectivity index (χ1n) is 6.79. The topological polar surface area (TPSA) is 61.8 Å². The number of Topliss-reactive ketones (excluding diaryl/α,β-unsaturated/α-hetero) is 1. The normalized spacial score (nSPS) is 22.4. The van der Waals surface area contributed by atoms with E-state index in [0.717, 1.165) is 23.5 Å². The molecule has 2 atom stereocenters. The molecule has 0 bridgehead atoms. The predicted octanol–water partition coefficient (Wildman–Crippen LogP) is 2.04. The fourth-order valence-electron chi connectivity index (χ4n) is 2.63. The molecule has 2 unspecified atom stereocenters. The number of carbonyl (C=O) groups excluding carboxylic acids is 2. The van der Waals surface area contributed by atoms with E-state index in [9.17, 15) is 9.59 Å². The minimum atomic E-state index is -0.726. The van der Waals surface area contributed by atoms with E-state index in [1.165, 1.54) is 0 Å². The average Bonchev–Trinajstić information content (AvgIpc) is 3.01. The summed E-state index contributed by atoms with van der Waals surface area (Å²) in [4.78, 5) is 23.0. The van der Waals surface area contributed by atoms with Crippen molar-refractivity contribution in [1.29, 1.82) is 0 Å². The zero-order valence-corrected chi connectivity index (χ0v) is 11.3. The molecule has 0 aromatic heterocycles. The Hall–Kier alpha value is -2.04. The SMILES string of the molecule is CCOC(=O)C(=O)CC1CC1c1cccc2c1OCO2. The van der Waals surface area contributed by atoms with Gasteiger partial charge in [0.2, 0.25) is 12.6 Å². The third-order valence-corrected chi connectivity index (χ3v) is 3.70. The number of benzene rings is 1. The van der Waals surface area contributed by atoms with Crippen LogP contribution in [-0.4, -0.2) is 25.2 Å². The van der Waals surface area contributed by atoms with Gasteiger partial charge in [0.15, 0.2) is 11.5 Å². The molecule has 1 aromatic rings. The van der Waals surface area contributed by atoms with Crippen LogP contribution in [0.15, 0.2) is 18.2 Å². The van der Waals surface area contributed by atoms with Gasteiger partial charge in [-0.25, -0.2) is 4.79 Å². The number of hydrogen-bond donors (Lipinski definition) is 0. The van der Waals surface area contributed by atoms with Gasteiger partial charge in [-0.3, -0.25) is 4.79 Å². The van der Waals surface area contributed by atoms with Crippen LogP contribution in [0.3, 0.4) is 0 Å². The largest absolute Gasteiger partial charge is 0.460 e. The van der Waals surface area contributed by atoms with Gasteiger partial charge in [0.25, 0.3) is 0 Å². The van der Waals surface area contributed by atoms with E-state index in [1.54, 1.807) is 6.92 Å². The summed E-state index contributed by atoms with van der Waals surface area (Å²) in [5.41, 5.74) is 1.07. The van der Waals surface area contributed by atoms with Gasteiger partial charge >= 0.3 is 5.97 Å². The lowest BCUT2D eigenvalue weighted by molar-refractivity contribution is -0.153. The van der Waals surface area contributed by atoms with E-state index in [0.29, 0.717) is 0 Å². The number of ether oxygens (including phenoxy) is 3. The summed E-state index contributed by atoms with van der Waals surface area (Å²) in [5.74, 6) is 0.834. The van der Waals surface area contributed by atoms with Crippen molar-refractivity contribution in [2.45, 2.75) is 25.7 Å². The van der Waals surface area contributed by atoms with E-state index >= 15 is 0 Å². The molecule has 0 amide bonds. The summed E-state index contributed by atoms with van der Waals surface area (Å²) < 4.78 is 15.5. The molecule has 5 heteroatoms. The number of rotatable bonds is 5. The summed E-state index contributed by atoms with van der Waals surface area (Å²) in [5, 5.41) is 0. The summed E-state index contributed by atoms with van der Waals surface area (Å²) in [6.45, 7) is 2.16. The smallest absolute Gasteiger partial charge is 0.374 e. The summed E-state index contributed by atoms with van der Waals surface area (Å²) in [6, 6.07) is 5.78. The Morgan fingerprint density at radius 2 is 2.20 bits per heavy atom. The van der Waals surface area contributed by atoms with Gasteiger partial charge in [-0.05, 0) is 31.2 Å². The van der Waals surface area contributed by atoms with E-state index in [2.05, 4.69) is 0 Å². The van der Waals surface area contributed by atoms with E-state index < -0.39 is 11.8 Å². The molecule has 1 fully saturated rings. The molecule has 2 aliphatic rings. The first-order chi connectivity index (χ1) is 9.70. The molecule has 5 nitrogen and oxygen atoms in total. The van der Waals surface area contributed by atoms with Gasteiger partial charge in [0, 0.05) is 12.0 Å². The standard InChI is InChI=1S/C15H16O5/c1-2-18-15(17)12(16)7-9-6-11(9)10-4-3-5-13-14(10)20-8-19-13/h3-5,9,11H,2,6-8H2,1H3. The molecule has 0 N–H and O–H groups in total. The zero-order chi connectivity index (χ0) is 14.1. The van der Waals surface area contributed by atoms with Gasteiger partial charge in [0.05, 0.1) is 6.61 Å². The number of fused-ring (bicyclic) bond motifs is 1. The molecule has 3 rings (SSSR count). The van der Waals surface area contributed by atoms with Crippen LogP contribution in [0, 0.1) is 5.92 Å². The number of hydrogen-bond acceptors (Lipinski definition) is 5. The molecule has 1 aliphatic heterocycles. The van der Waals surface area contributed by atoms with Crippen LogP contribution in [0.4, 0.5) is 0 Å². The first kappa shape index (κ1) is 13.0. The lowest BCUT2D eigenvalue weighted by Crippen LogP contribution is -2.17. The number of esters is 1. The van der Waals surface area contributed by atoms with E-state index in [4.69, 9.17) is 14.2 Å². The Kier molecular flexibility index (Phi) is 3.34. The van der Waals surface area contributed by atoms with Crippen LogP contribution in [0.2, 0.25) is 0 Å². The highest BCUT2D eigenvalue weighted by Crippen LogP contribution is 2.54. The van der Waals surface area contributed by atoms with Gasteiger partial charge < -0.3 is 14.2 Å². The Labute approximate surface area is 116 Å². The van der Waals surface area contributed by atoms with Crippen molar-refractivity contribution in [3.63, 3.8) is 0 Å². The number of carbonyl (C=O) groups is 2. The van der Waals surface area contributed by atoms with Crippen molar-refractivity contribution in [2.75, 3.05) is 13.4 Å². The Balaban J connectivity index is 1.64. The summed E-state index contributed by atoms with van der Waals surface area (Å²) >= 11 is 0. The molecule has 1 saturated carbocycles. The lowest BCUT2D eigenvalue weighted by Gasteiger charge is -2.05. The second kappa shape index (κ2) is 5.15. The molecular formula is C15H16O5. The summed E-state index contributed by atoms with van der Waals surface area (Å²) in [6.07, 6.45) is 1.14. The van der Waals surface area contributed by atoms with Crippen LogP contribution in [0.1, 0.15) is 31.2 Å². The summed E-state index contributed by atoms with van der Waals surface area (Å²) in [7, 11) is 0. The van der Waals surface area contributed by atoms with Gasteiger partial charge in [-0.2, -0.15) is 0 Å². The molecule has 0 spiro atoms. The maximum atomic E-state index is 11.7. The molecule has 0 radical (unpaired) electrons. The predicted molar refractivity (Wildman–Crippen MR) is 69.7 cm³/mol. The maximum Gasteiger partial charge on any atom is 0.374 e. The fourth-order valence-corrected chi connectivity index (χ4v) is 2.63. The Bertz CT molecular complexity index is 551. The fraction of sp³-hybridized carbons (Fsp3) is 0.467. The monoisotopic (exact) mass is 276 g/mol. The van der Waals surface area contributed by atoms with Gasteiger partial charge in [0.1, 0.15) is 0 Å². The van der Waals surface area contributed by atoms with Crippen LogP contribution < -0.4 is 9.47 Å². The third-order valence-electron chi connectivity index (χ3n) is 3.70. The molecule has 1 aliphatic carbocycles. The van der Waals surface area contributed by atoms with E-state index in [-0.39, 0.29) is 31.7 Å². The van der Waals surface area contributed by atoms with Crippen molar-refractivity contribution < 1.29 is 23.8 Å². The van der Waals surface area contributed by atoms with Crippen molar-refractivity contribution in [3.8, 4) is 11.5 Å². The highest BCUT2D eigenvalue weighted by molar-refractivity contribution is 6.33. The molecule has 0 saturated heterocycles. The number of para-hydroxylation sites is 1. The van der Waals surface area contributed by atoms with Crippen LogP contribution in [0.25, 0.3) is 0 Å².